The van der Waals surface area contributed by atoms with Gasteiger partial charge in [-0.2, -0.15) is 10.0 Å². The molecular weight excluding hydrogens is 482 g/mol. The van der Waals surface area contributed by atoms with Gasteiger partial charge >= 0.3 is 0 Å². The Bertz CT molecular complexity index is 1380. The van der Waals surface area contributed by atoms with Crippen molar-refractivity contribution in [2.45, 2.75) is 0 Å². The number of rotatable bonds is 2. The third-order valence-electron chi connectivity index (χ3n) is 5.42. The van der Waals surface area contributed by atoms with Crippen molar-refractivity contribution in [1.82, 2.24) is 19.3 Å². The van der Waals surface area contributed by atoms with Crippen LogP contribution in [0.1, 0.15) is 5.69 Å². The molecule has 9 nitrogen and oxygen atoms in total. The number of morpholine rings is 1. The van der Waals surface area contributed by atoms with E-state index in [1.807, 2.05) is 28.1 Å². The zero-order chi connectivity index (χ0) is 22.5. The van der Waals surface area contributed by atoms with Crippen LogP contribution in [0.3, 0.4) is 0 Å². The predicted octanol–water partition coefficient (Wildman–Crippen LogP) is 3.63. The molecule has 0 bridgehead atoms. The molecule has 1 aromatic carbocycles. The Kier molecular flexibility index (Phi) is 5.06. The molecular formula is C21H16ClN7O2S2. The Labute approximate surface area is 201 Å². The molecule has 2 aromatic heterocycles. The molecule has 3 aliphatic heterocycles. The molecule has 0 unspecified atom stereocenters. The highest BCUT2D eigenvalue weighted by atomic mass is 35.5. The molecule has 0 atom stereocenters. The molecule has 3 aromatic rings. The Balaban J connectivity index is 1.41. The summed E-state index contributed by atoms with van der Waals surface area (Å²) < 4.78 is 7.31. The first-order valence-electron chi connectivity index (χ1n) is 10.1. The van der Waals surface area contributed by atoms with Crippen LogP contribution in [0.4, 0.5) is 0 Å². The Morgan fingerprint density at radius 3 is 2.73 bits per heavy atom. The molecule has 0 radical (unpaired) electrons. The molecule has 3 aliphatic rings. The zero-order valence-corrected chi connectivity index (χ0v) is 19.5. The largest absolute Gasteiger partial charge is 0.378 e. The van der Waals surface area contributed by atoms with E-state index < -0.39 is 5.91 Å². The van der Waals surface area contributed by atoms with Crippen LogP contribution in [0.5, 0.6) is 0 Å². The van der Waals surface area contributed by atoms with Crippen LogP contribution in [0.25, 0.3) is 22.3 Å². The lowest BCUT2D eigenvalue weighted by Crippen LogP contribution is -2.39. The lowest BCUT2D eigenvalue weighted by atomic mass is 10.1. The summed E-state index contributed by atoms with van der Waals surface area (Å²) >= 11 is 8.85. The van der Waals surface area contributed by atoms with Crippen molar-refractivity contribution < 1.29 is 9.53 Å². The van der Waals surface area contributed by atoms with Crippen LogP contribution in [0, 0.1) is 5.41 Å². The summed E-state index contributed by atoms with van der Waals surface area (Å²) in [6.07, 6.45) is 3.57. The second-order valence-corrected chi connectivity index (χ2v) is 9.65. The summed E-state index contributed by atoms with van der Waals surface area (Å²) in [5.41, 5.74) is 2.43. The molecule has 1 fully saturated rings. The molecule has 1 saturated heterocycles. The van der Waals surface area contributed by atoms with Crippen LogP contribution in [-0.4, -0.2) is 67.7 Å². The minimum absolute atomic E-state index is 0.00649. The van der Waals surface area contributed by atoms with Crippen LogP contribution < -0.4 is 0 Å². The standard InChI is InChI=1S/C21H16ClN7O2S2/c22-13-3-1-12(2-4-13)16-15(28-7-10-32-19(28)24-16)11-14-17(23)29-20(25-18(14)30)33-21(26-29)27-5-8-31-9-6-27/h1-4,7,10-11,23H,5-6,8-9H2. The van der Waals surface area contributed by atoms with Gasteiger partial charge in [-0.1, -0.05) is 23.7 Å². The first-order valence-corrected chi connectivity index (χ1v) is 12.2. The summed E-state index contributed by atoms with van der Waals surface area (Å²) in [7, 11) is 0. The number of hydrazone groups is 1. The van der Waals surface area contributed by atoms with Gasteiger partial charge in [0, 0.05) is 35.3 Å². The van der Waals surface area contributed by atoms with E-state index >= 15 is 0 Å². The summed E-state index contributed by atoms with van der Waals surface area (Å²) in [5.74, 6) is -0.475. The van der Waals surface area contributed by atoms with Gasteiger partial charge in [0.15, 0.2) is 16.0 Å². The third kappa shape index (κ3) is 3.57. The van der Waals surface area contributed by atoms with Crippen LogP contribution in [0.2, 0.25) is 5.02 Å². The van der Waals surface area contributed by atoms with Crippen LogP contribution >= 0.6 is 34.7 Å². The van der Waals surface area contributed by atoms with Crippen LogP contribution in [-0.2, 0) is 9.53 Å². The summed E-state index contributed by atoms with van der Waals surface area (Å²) in [6, 6.07) is 7.37. The molecule has 0 spiro atoms. The van der Waals surface area contributed by atoms with E-state index in [0.717, 1.165) is 15.7 Å². The van der Waals surface area contributed by atoms with E-state index in [1.54, 1.807) is 18.2 Å². The summed E-state index contributed by atoms with van der Waals surface area (Å²) in [5, 5.41) is 18.4. The number of hydrogen-bond donors (Lipinski definition) is 1. The SMILES string of the molecule is N=C1C(=Cc2c(-c3ccc(Cl)cc3)nc3sccn23)C(=O)N=C2SC(N3CCOCC3)=NN12. The van der Waals surface area contributed by atoms with E-state index in [0.29, 0.717) is 47.9 Å². The number of thioether (sulfide) groups is 1. The van der Waals surface area contributed by atoms with E-state index in [-0.39, 0.29) is 11.4 Å². The number of amides is 1. The maximum absolute atomic E-state index is 13.0. The topological polar surface area (TPSA) is 98.7 Å². The number of halogens is 1. The summed E-state index contributed by atoms with van der Waals surface area (Å²) in [4.78, 5) is 24.8. The minimum Gasteiger partial charge on any atom is -0.378 e. The van der Waals surface area contributed by atoms with E-state index in [4.69, 9.17) is 26.7 Å². The Morgan fingerprint density at radius 2 is 1.94 bits per heavy atom. The number of benzene rings is 1. The molecule has 1 amide bonds. The molecule has 0 aliphatic carbocycles. The van der Waals surface area contributed by atoms with E-state index in [1.165, 1.54) is 28.1 Å². The number of nitrogens with one attached hydrogen (secondary N) is 1. The van der Waals surface area contributed by atoms with Crippen molar-refractivity contribution in [3.63, 3.8) is 0 Å². The minimum atomic E-state index is -0.468. The molecule has 12 heteroatoms. The lowest BCUT2D eigenvalue weighted by Gasteiger charge is -2.26. The van der Waals surface area contributed by atoms with Crippen molar-refractivity contribution >= 4 is 67.8 Å². The van der Waals surface area contributed by atoms with E-state index in [2.05, 4.69) is 15.0 Å². The molecule has 6 rings (SSSR count). The maximum Gasteiger partial charge on any atom is 0.283 e. The van der Waals surface area contributed by atoms with Gasteiger partial charge in [-0.05, 0) is 30.0 Å². The molecule has 166 valence electrons. The van der Waals surface area contributed by atoms with Crippen molar-refractivity contribution in [3.05, 3.63) is 52.1 Å². The number of thiazole rings is 1. The molecule has 33 heavy (non-hydrogen) atoms. The van der Waals surface area contributed by atoms with Gasteiger partial charge in [-0.25, -0.2) is 4.98 Å². The summed E-state index contributed by atoms with van der Waals surface area (Å²) in [6.45, 7) is 2.68. The highest BCUT2D eigenvalue weighted by Gasteiger charge is 2.38. The molecule has 5 heterocycles. The predicted molar refractivity (Wildman–Crippen MR) is 131 cm³/mol. The van der Waals surface area contributed by atoms with Gasteiger partial charge in [0.25, 0.3) is 5.91 Å². The highest BCUT2D eigenvalue weighted by Crippen LogP contribution is 2.33. The van der Waals surface area contributed by atoms with Crippen molar-refractivity contribution in [2.24, 2.45) is 10.1 Å². The normalized spacial score (nSPS) is 20.0. The number of aromatic nitrogens is 2. The fourth-order valence-corrected chi connectivity index (χ4v) is 5.55. The fourth-order valence-electron chi connectivity index (χ4n) is 3.76. The van der Waals surface area contributed by atoms with Crippen molar-refractivity contribution in [2.75, 3.05) is 26.3 Å². The van der Waals surface area contributed by atoms with Crippen LogP contribution in [0.15, 0.2) is 51.5 Å². The van der Waals surface area contributed by atoms with Gasteiger partial charge in [-0.15, -0.1) is 16.4 Å². The molecule has 1 N–H and O–H groups in total. The number of fused-ring (bicyclic) bond motifs is 2. The number of hydrogen-bond acceptors (Lipinski definition) is 8. The van der Waals surface area contributed by atoms with Crippen molar-refractivity contribution in [3.8, 4) is 11.3 Å². The zero-order valence-electron chi connectivity index (χ0n) is 17.1. The number of aliphatic imine (C=N–C) groups is 1. The Morgan fingerprint density at radius 1 is 1.15 bits per heavy atom. The third-order valence-corrected chi connectivity index (χ3v) is 7.40. The van der Waals surface area contributed by atoms with Gasteiger partial charge in [0.05, 0.1) is 30.2 Å². The number of carbonyl (C=O) groups excluding carboxylic acids is 1. The first-order chi connectivity index (χ1) is 16.1. The number of nitrogens with zero attached hydrogens (tertiary/aromatic N) is 6. The van der Waals surface area contributed by atoms with Gasteiger partial charge in [-0.3, -0.25) is 14.6 Å². The smallest absolute Gasteiger partial charge is 0.283 e. The number of imidazole rings is 1. The average molecular weight is 498 g/mol. The van der Waals surface area contributed by atoms with Gasteiger partial charge in [0.2, 0.25) is 5.17 Å². The molecule has 0 saturated carbocycles. The average Bonchev–Trinajstić information content (AvgIpc) is 3.53. The monoisotopic (exact) mass is 497 g/mol. The number of amidine groups is 3. The number of carbonyl (C=O) groups is 1. The van der Waals surface area contributed by atoms with Gasteiger partial charge in [0.1, 0.15) is 0 Å². The quantitative estimate of drug-likeness (QED) is 0.543. The second-order valence-electron chi connectivity index (χ2n) is 7.41. The highest BCUT2D eigenvalue weighted by molar-refractivity contribution is 8.26. The second kappa shape index (κ2) is 8.10. The van der Waals surface area contributed by atoms with E-state index in [9.17, 15) is 4.79 Å². The fraction of sp³-hybridized carbons (Fsp3) is 0.190. The Hall–Kier alpha value is -2.99. The van der Waals surface area contributed by atoms with Crippen molar-refractivity contribution in [1.29, 1.82) is 5.41 Å². The van der Waals surface area contributed by atoms with Gasteiger partial charge < -0.3 is 9.64 Å². The lowest BCUT2D eigenvalue weighted by molar-refractivity contribution is -0.114. The maximum atomic E-state index is 13.0. The first kappa shape index (κ1) is 20.6. The number of ether oxygens (including phenoxy) is 1.